The lowest BCUT2D eigenvalue weighted by molar-refractivity contribution is -0.142. The van der Waals surface area contributed by atoms with Crippen molar-refractivity contribution in [1.82, 2.24) is 4.90 Å². The molecule has 5 heteroatoms. The van der Waals surface area contributed by atoms with E-state index in [0.29, 0.717) is 25.4 Å². The van der Waals surface area contributed by atoms with Gasteiger partial charge in [0, 0.05) is 17.6 Å². The van der Waals surface area contributed by atoms with Crippen LogP contribution >= 0.6 is 15.9 Å². The average Bonchev–Trinajstić information content (AvgIpc) is 3.19. The quantitative estimate of drug-likeness (QED) is 0.906. The van der Waals surface area contributed by atoms with Crippen molar-refractivity contribution in [2.45, 2.75) is 19.3 Å². The normalized spacial score (nSPS) is 25.1. The molecule has 4 nitrogen and oxygen atoms in total. The monoisotopic (exact) mass is 351 g/mol. The van der Waals surface area contributed by atoms with E-state index in [4.69, 9.17) is 0 Å². The van der Waals surface area contributed by atoms with Gasteiger partial charge in [-0.15, -0.1) is 0 Å². The number of rotatable bonds is 4. The Bertz CT molecular complexity index is 570. The van der Waals surface area contributed by atoms with E-state index < -0.39 is 5.97 Å². The smallest absolute Gasteiger partial charge is 0.308 e. The van der Waals surface area contributed by atoms with Gasteiger partial charge in [0.05, 0.1) is 12.3 Å². The van der Waals surface area contributed by atoms with Crippen molar-refractivity contribution >= 4 is 27.8 Å². The fourth-order valence-electron chi connectivity index (χ4n) is 3.21. The van der Waals surface area contributed by atoms with Gasteiger partial charge in [0.15, 0.2) is 0 Å². The van der Waals surface area contributed by atoms with Crippen LogP contribution in [0.3, 0.4) is 0 Å². The van der Waals surface area contributed by atoms with Crippen LogP contribution in [-0.2, 0) is 16.0 Å². The van der Waals surface area contributed by atoms with E-state index >= 15 is 0 Å². The van der Waals surface area contributed by atoms with Crippen LogP contribution in [0.4, 0.5) is 0 Å². The van der Waals surface area contributed by atoms with E-state index in [9.17, 15) is 14.7 Å². The molecule has 1 aromatic rings. The van der Waals surface area contributed by atoms with Crippen LogP contribution in [0.15, 0.2) is 28.7 Å². The molecule has 1 aliphatic heterocycles. The summed E-state index contributed by atoms with van der Waals surface area (Å²) in [4.78, 5) is 25.6. The highest BCUT2D eigenvalue weighted by Crippen LogP contribution is 2.44. The molecule has 2 fully saturated rings. The van der Waals surface area contributed by atoms with Crippen LogP contribution in [0.1, 0.15) is 18.4 Å². The molecular formula is C16H18BrNO3. The summed E-state index contributed by atoms with van der Waals surface area (Å²) >= 11 is 3.45. The number of hydrogen-bond donors (Lipinski definition) is 1. The largest absolute Gasteiger partial charge is 0.481 e. The zero-order valence-corrected chi connectivity index (χ0v) is 13.3. The molecule has 112 valence electrons. The molecular weight excluding hydrogens is 334 g/mol. The van der Waals surface area contributed by atoms with Crippen molar-refractivity contribution in [3.63, 3.8) is 0 Å². The van der Waals surface area contributed by atoms with Crippen molar-refractivity contribution < 1.29 is 14.7 Å². The van der Waals surface area contributed by atoms with Gasteiger partial charge >= 0.3 is 5.97 Å². The Labute approximate surface area is 132 Å². The summed E-state index contributed by atoms with van der Waals surface area (Å²) in [6.45, 7) is 0.963. The number of hydrogen-bond acceptors (Lipinski definition) is 2. The van der Waals surface area contributed by atoms with Crippen molar-refractivity contribution in [3.05, 3.63) is 34.3 Å². The lowest BCUT2D eigenvalue weighted by Crippen LogP contribution is -2.31. The number of amides is 1. The molecule has 1 amide bonds. The van der Waals surface area contributed by atoms with Crippen molar-refractivity contribution in [3.8, 4) is 0 Å². The first-order valence-electron chi connectivity index (χ1n) is 7.30. The van der Waals surface area contributed by atoms with E-state index in [1.165, 1.54) is 0 Å². The van der Waals surface area contributed by atoms with E-state index in [1.807, 2.05) is 24.3 Å². The second kappa shape index (κ2) is 5.79. The van der Waals surface area contributed by atoms with Gasteiger partial charge in [0.2, 0.25) is 5.91 Å². The van der Waals surface area contributed by atoms with Gasteiger partial charge in [-0.25, -0.2) is 0 Å². The zero-order valence-electron chi connectivity index (χ0n) is 11.7. The van der Waals surface area contributed by atoms with Crippen LogP contribution in [-0.4, -0.2) is 35.0 Å². The SMILES string of the molecule is O=C(O)[C@H]1CN(C(=O)Cc2ccccc2Br)C[C@@H]1C1CC1. The second-order valence-electron chi connectivity index (χ2n) is 6.01. The summed E-state index contributed by atoms with van der Waals surface area (Å²) in [7, 11) is 0. The molecule has 1 heterocycles. The number of aliphatic carboxylic acids is 1. The molecule has 0 unspecified atom stereocenters. The molecule has 1 N–H and O–H groups in total. The maximum atomic E-state index is 12.4. The van der Waals surface area contributed by atoms with Gasteiger partial charge in [-0.3, -0.25) is 9.59 Å². The van der Waals surface area contributed by atoms with Gasteiger partial charge in [0.1, 0.15) is 0 Å². The molecule has 1 saturated carbocycles. The van der Waals surface area contributed by atoms with Crippen LogP contribution in [0.5, 0.6) is 0 Å². The van der Waals surface area contributed by atoms with Gasteiger partial charge < -0.3 is 10.0 Å². The third-order valence-corrected chi connectivity index (χ3v) is 5.34. The minimum absolute atomic E-state index is 0.0244. The van der Waals surface area contributed by atoms with Crippen molar-refractivity contribution in [2.75, 3.05) is 13.1 Å². The molecule has 0 aromatic heterocycles. The Morgan fingerprint density at radius 3 is 2.57 bits per heavy atom. The predicted molar refractivity (Wildman–Crippen MR) is 81.8 cm³/mol. The molecule has 2 atom stereocenters. The first-order valence-corrected chi connectivity index (χ1v) is 8.09. The second-order valence-corrected chi connectivity index (χ2v) is 6.87. The standard InChI is InChI=1S/C16H18BrNO3/c17-14-4-2-1-3-11(14)7-15(19)18-8-12(10-5-6-10)13(9-18)16(20)21/h1-4,10,12-13H,5-9H2,(H,20,21)/t12-,13+/m1/s1. The third kappa shape index (κ3) is 3.12. The molecule has 0 bridgehead atoms. The lowest BCUT2D eigenvalue weighted by Gasteiger charge is -2.16. The summed E-state index contributed by atoms with van der Waals surface area (Å²) in [5, 5.41) is 9.35. The van der Waals surface area contributed by atoms with Gasteiger partial charge in [-0.1, -0.05) is 34.1 Å². The molecule has 1 saturated heterocycles. The maximum absolute atomic E-state index is 12.4. The topological polar surface area (TPSA) is 57.6 Å². The van der Waals surface area contributed by atoms with Gasteiger partial charge in [-0.05, 0) is 36.3 Å². The molecule has 2 aliphatic rings. The Kier molecular flexibility index (Phi) is 4.02. The summed E-state index contributed by atoms with van der Waals surface area (Å²) in [6.07, 6.45) is 2.55. The highest BCUT2D eigenvalue weighted by Gasteiger charge is 2.46. The molecule has 1 aromatic carbocycles. The molecule has 0 radical (unpaired) electrons. The van der Waals surface area contributed by atoms with E-state index in [1.54, 1.807) is 4.90 Å². The fourth-order valence-corrected chi connectivity index (χ4v) is 3.64. The number of benzene rings is 1. The summed E-state index contributed by atoms with van der Waals surface area (Å²) in [5.41, 5.74) is 0.948. The predicted octanol–water partition coefficient (Wildman–Crippen LogP) is 2.56. The van der Waals surface area contributed by atoms with Gasteiger partial charge in [0.25, 0.3) is 0 Å². The average molecular weight is 352 g/mol. The fraction of sp³-hybridized carbons (Fsp3) is 0.500. The number of carboxylic acids is 1. The highest BCUT2D eigenvalue weighted by molar-refractivity contribution is 9.10. The number of nitrogens with zero attached hydrogens (tertiary/aromatic N) is 1. The highest BCUT2D eigenvalue weighted by atomic mass is 79.9. The number of carbonyl (C=O) groups is 2. The Hall–Kier alpha value is -1.36. The number of carboxylic acid groups (broad SMARTS) is 1. The molecule has 3 rings (SSSR count). The summed E-state index contributed by atoms with van der Waals surface area (Å²) in [5.74, 6) is -0.474. The van der Waals surface area contributed by atoms with Gasteiger partial charge in [-0.2, -0.15) is 0 Å². The van der Waals surface area contributed by atoms with Crippen LogP contribution in [0.25, 0.3) is 0 Å². The zero-order chi connectivity index (χ0) is 15.0. The van der Waals surface area contributed by atoms with E-state index in [2.05, 4.69) is 15.9 Å². The molecule has 1 aliphatic carbocycles. The molecule has 21 heavy (non-hydrogen) atoms. The Balaban J connectivity index is 1.68. The van der Waals surface area contributed by atoms with E-state index in [-0.39, 0.29) is 17.7 Å². The summed E-state index contributed by atoms with van der Waals surface area (Å²) in [6, 6.07) is 7.66. The third-order valence-electron chi connectivity index (χ3n) is 4.56. The lowest BCUT2D eigenvalue weighted by atomic mass is 9.92. The van der Waals surface area contributed by atoms with Crippen LogP contribution in [0.2, 0.25) is 0 Å². The first-order chi connectivity index (χ1) is 10.1. The number of halogens is 1. The summed E-state index contributed by atoms with van der Waals surface area (Å²) < 4.78 is 0.922. The van der Waals surface area contributed by atoms with Crippen molar-refractivity contribution in [1.29, 1.82) is 0 Å². The Morgan fingerprint density at radius 1 is 1.24 bits per heavy atom. The number of carbonyl (C=O) groups excluding carboxylic acids is 1. The number of likely N-dealkylation sites (tertiary alicyclic amines) is 1. The Morgan fingerprint density at radius 2 is 1.95 bits per heavy atom. The maximum Gasteiger partial charge on any atom is 0.308 e. The van der Waals surface area contributed by atoms with Crippen LogP contribution < -0.4 is 0 Å². The van der Waals surface area contributed by atoms with Crippen molar-refractivity contribution in [2.24, 2.45) is 17.8 Å². The van der Waals surface area contributed by atoms with Crippen LogP contribution in [0, 0.1) is 17.8 Å². The first kappa shape index (κ1) is 14.6. The van der Waals surface area contributed by atoms with E-state index in [0.717, 1.165) is 22.9 Å². The minimum Gasteiger partial charge on any atom is -0.481 e. The molecule has 0 spiro atoms. The minimum atomic E-state index is -0.761.